The molecule has 2 unspecified atom stereocenters. The van der Waals surface area contributed by atoms with Gasteiger partial charge in [0.15, 0.2) is 0 Å². The van der Waals surface area contributed by atoms with E-state index in [-0.39, 0.29) is 0 Å². The van der Waals surface area contributed by atoms with Gasteiger partial charge in [-0.25, -0.2) is 0 Å². The van der Waals surface area contributed by atoms with Crippen molar-refractivity contribution in [1.82, 2.24) is 10.2 Å². The molecule has 2 nitrogen and oxygen atoms in total. The molecule has 1 aliphatic heterocycles. The van der Waals surface area contributed by atoms with Gasteiger partial charge in [-0.3, -0.25) is 0 Å². The van der Waals surface area contributed by atoms with Gasteiger partial charge < -0.3 is 10.2 Å². The molecule has 3 heteroatoms. The first-order valence-electron chi connectivity index (χ1n) is 5.44. The SMILES string of the molecule is C=C(Br)CNC1CCN(CC)C(C)C1. The highest BCUT2D eigenvalue weighted by Gasteiger charge is 2.23. The molecule has 0 aromatic heterocycles. The molecule has 1 heterocycles. The number of nitrogens with one attached hydrogen (secondary N) is 1. The lowest BCUT2D eigenvalue weighted by Crippen LogP contribution is -2.47. The number of hydrogen-bond donors (Lipinski definition) is 1. The summed E-state index contributed by atoms with van der Waals surface area (Å²) in [5, 5.41) is 3.52. The lowest BCUT2D eigenvalue weighted by atomic mass is 9.98. The molecule has 0 saturated carbocycles. The fourth-order valence-corrected chi connectivity index (χ4v) is 2.29. The third-order valence-electron chi connectivity index (χ3n) is 3.00. The normalized spacial score (nSPS) is 29.1. The highest BCUT2D eigenvalue weighted by atomic mass is 79.9. The van der Waals surface area contributed by atoms with Gasteiger partial charge in [0.25, 0.3) is 0 Å². The summed E-state index contributed by atoms with van der Waals surface area (Å²) in [6.07, 6.45) is 2.52. The van der Waals surface area contributed by atoms with E-state index in [2.05, 4.69) is 46.6 Å². The van der Waals surface area contributed by atoms with Crippen LogP contribution in [0.5, 0.6) is 0 Å². The molecule has 0 aromatic rings. The molecule has 0 aromatic carbocycles. The number of hydrogen-bond acceptors (Lipinski definition) is 2. The van der Waals surface area contributed by atoms with Crippen molar-refractivity contribution in [3.63, 3.8) is 0 Å². The Morgan fingerprint density at radius 1 is 1.64 bits per heavy atom. The molecule has 2 atom stereocenters. The number of piperidine rings is 1. The molecule has 1 aliphatic rings. The summed E-state index contributed by atoms with van der Waals surface area (Å²) in [6, 6.07) is 1.39. The number of halogens is 1. The van der Waals surface area contributed by atoms with Gasteiger partial charge in [0.05, 0.1) is 0 Å². The molecule has 0 radical (unpaired) electrons. The van der Waals surface area contributed by atoms with Crippen molar-refractivity contribution in [1.29, 1.82) is 0 Å². The van der Waals surface area contributed by atoms with Crippen molar-refractivity contribution in [2.45, 2.75) is 38.8 Å². The molecule has 0 bridgehead atoms. The molecular formula is C11H21BrN2. The standard InChI is InChI=1S/C11H21BrN2/c1-4-14-6-5-11(7-10(14)3)13-8-9(2)12/h10-11,13H,2,4-8H2,1,3H3. The van der Waals surface area contributed by atoms with Gasteiger partial charge in [0, 0.05) is 23.1 Å². The molecular weight excluding hydrogens is 240 g/mol. The van der Waals surface area contributed by atoms with E-state index in [1.165, 1.54) is 25.9 Å². The lowest BCUT2D eigenvalue weighted by molar-refractivity contribution is 0.144. The molecule has 0 spiro atoms. The Hall–Kier alpha value is 0.140. The molecule has 0 aliphatic carbocycles. The Morgan fingerprint density at radius 3 is 2.86 bits per heavy atom. The van der Waals surface area contributed by atoms with Crippen molar-refractivity contribution in [3.8, 4) is 0 Å². The minimum absolute atomic E-state index is 0.669. The summed E-state index contributed by atoms with van der Waals surface area (Å²) >= 11 is 3.37. The maximum atomic E-state index is 3.83. The van der Waals surface area contributed by atoms with Gasteiger partial charge in [0.2, 0.25) is 0 Å². The molecule has 0 amide bonds. The van der Waals surface area contributed by atoms with Gasteiger partial charge in [-0.15, -0.1) is 0 Å². The maximum absolute atomic E-state index is 3.83. The van der Waals surface area contributed by atoms with Crippen LogP contribution in [-0.4, -0.2) is 36.6 Å². The van der Waals surface area contributed by atoms with Gasteiger partial charge in [-0.1, -0.05) is 29.4 Å². The van der Waals surface area contributed by atoms with Crippen LogP contribution in [0.15, 0.2) is 11.1 Å². The smallest absolute Gasteiger partial charge is 0.0268 e. The Balaban J connectivity index is 2.27. The van der Waals surface area contributed by atoms with Crippen molar-refractivity contribution >= 4 is 15.9 Å². The Bertz CT molecular complexity index is 194. The Labute approximate surface area is 95.9 Å². The van der Waals surface area contributed by atoms with Crippen molar-refractivity contribution in [3.05, 3.63) is 11.1 Å². The van der Waals surface area contributed by atoms with Crippen molar-refractivity contribution in [2.75, 3.05) is 19.6 Å². The van der Waals surface area contributed by atoms with E-state index in [4.69, 9.17) is 0 Å². The van der Waals surface area contributed by atoms with Crippen LogP contribution in [0, 0.1) is 0 Å². The fourth-order valence-electron chi connectivity index (χ4n) is 2.13. The number of rotatable bonds is 4. The van der Waals surface area contributed by atoms with Crippen LogP contribution < -0.4 is 5.32 Å². The quantitative estimate of drug-likeness (QED) is 0.835. The van der Waals surface area contributed by atoms with Crippen LogP contribution in [-0.2, 0) is 0 Å². The predicted octanol–water partition coefficient (Wildman–Crippen LogP) is 2.36. The minimum Gasteiger partial charge on any atom is -0.309 e. The van der Waals surface area contributed by atoms with Crippen LogP contribution in [0.2, 0.25) is 0 Å². The Kier molecular flexibility index (Phi) is 5.13. The van der Waals surface area contributed by atoms with Crippen LogP contribution in [0.4, 0.5) is 0 Å². The van der Waals surface area contributed by atoms with Crippen LogP contribution >= 0.6 is 15.9 Å². The third-order valence-corrected chi connectivity index (χ3v) is 3.28. The first-order valence-corrected chi connectivity index (χ1v) is 6.23. The first kappa shape index (κ1) is 12.2. The summed E-state index contributed by atoms with van der Waals surface area (Å²) in [7, 11) is 0. The second-order valence-corrected chi connectivity index (χ2v) is 5.22. The number of nitrogens with zero attached hydrogens (tertiary/aromatic N) is 1. The summed E-state index contributed by atoms with van der Waals surface area (Å²) in [5.74, 6) is 0. The second kappa shape index (κ2) is 5.89. The van der Waals surface area contributed by atoms with E-state index in [0.717, 1.165) is 17.1 Å². The van der Waals surface area contributed by atoms with Crippen LogP contribution in [0.3, 0.4) is 0 Å². The molecule has 82 valence electrons. The Morgan fingerprint density at radius 2 is 2.36 bits per heavy atom. The van der Waals surface area contributed by atoms with E-state index in [0.29, 0.717) is 6.04 Å². The first-order chi connectivity index (χ1) is 6.63. The lowest BCUT2D eigenvalue weighted by Gasteiger charge is -2.37. The summed E-state index contributed by atoms with van der Waals surface area (Å²) in [5.41, 5.74) is 0. The van der Waals surface area contributed by atoms with Gasteiger partial charge >= 0.3 is 0 Å². The zero-order valence-corrected chi connectivity index (χ0v) is 10.8. The molecule has 1 N–H and O–H groups in total. The topological polar surface area (TPSA) is 15.3 Å². The van der Waals surface area contributed by atoms with Crippen LogP contribution in [0.1, 0.15) is 26.7 Å². The maximum Gasteiger partial charge on any atom is 0.0268 e. The second-order valence-electron chi connectivity index (χ2n) is 4.10. The largest absolute Gasteiger partial charge is 0.309 e. The van der Waals surface area contributed by atoms with E-state index < -0.39 is 0 Å². The van der Waals surface area contributed by atoms with Gasteiger partial charge in [-0.2, -0.15) is 0 Å². The van der Waals surface area contributed by atoms with Gasteiger partial charge in [-0.05, 0) is 32.9 Å². The van der Waals surface area contributed by atoms with Crippen molar-refractivity contribution < 1.29 is 0 Å². The zero-order chi connectivity index (χ0) is 10.6. The molecule has 1 rings (SSSR count). The van der Waals surface area contributed by atoms with E-state index >= 15 is 0 Å². The van der Waals surface area contributed by atoms with E-state index in [9.17, 15) is 0 Å². The minimum atomic E-state index is 0.669. The molecule has 1 saturated heterocycles. The predicted molar refractivity (Wildman–Crippen MR) is 65.8 cm³/mol. The molecule has 1 fully saturated rings. The summed E-state index contributed by atoms with van der Waals surface area (Å²) < 4.78 is 1.04. The zero-order valence-electron chi connectivity index (χ0n) is 9.22. The van der Waals surface area contributed by atoms with E-state index in [1.54, 1.807) is 0 Å². The summed E-state index contributed by atoms with van der Waals surface area (Å²) in [4.78, 5) is 2.54. The third kappa shape index (κ3) is 3.71. The average molecular weight is 261 g/mol. The molecule has 14 heavy (non-hydrogen) atoms. The highest BCUT2D eigenvalue weighted by molar-refractivity contribution is 9.11. The average Bonchev–Trinajstić information content (AvgIpc) is 2.15. The van der Waals surface area contributed by atoms with Gasteiger partial charge in [0.1, 0.15) is 0 Å². The van der Waals surface area contributed by atoms with Crippen LogP contribution in [0.25, 0.3) is 0 Å². The monoisotopic (exact) mass is 260 g/mol. The highest BCUT2D eigenvalue weighted by Crippen LogP contribution is 2.17. The van der Waals surface area contributed by atoms with Crippen molar-refractivity contribution in [2.24, 2.45) is 0 Å². The fraction of sp³-hybridized carbons (Fsp3) is 0.818. The summed E-state index contributed by atoms with van der Waals surface area (Å²) in [6.45, 7) is 11.7. The van der Waals surface area contributed by atoms with E-state index in [1.807, 2.05) is 0 Å². The number of likely N-dealkylation sites (tertiary alicyclic amines) is 1.